The lowest BCUT2D eigenvalue weighted by molar-refractivity contribution is -0.142. The SMILES string of the molecule is Cc1ccc(/C=C/C(=O)OCC(=O)Nc2ccc(C#N)cc2)cc1. The molecule has 0 saturated heterocycles. The fourth-order valence-electron chi connectivity index (χ4n) is 1.85. The predicted molar refractivity (Wildman–Crippen MR) is 91.0 cm³/mol. The Bertz CT molecular complexity index is 785. The van der Waals surface area contributed by atoms with Crippen LogP contribution in [0.5, 0.6) is 0 Å². The summed E-state index contributed by atoms with van der Waals surface area (Å²) < 4.78 is 4.88. The Hall–Kier alpha value is -3.39. The quantitative estimate of drug-likeness (QED) is 0.678. The number of amides is 1. The molecule has 0 aromatic heterocycles. The number of ether oxygens (including phenoxy) is 1. The zero-order chi connectivity index (χ0) is 17.4. The second kappa shape index (κ2) is 8.30. The van der Waals surface area contributed by atoms with E-state index in [0.717, 1.165) is 11.1 Å². The Morgan fingerprint density at radius 3 is 2.42 bits per heavy atom. The van der Waals surface area contributed by atoms with E-state index in [4.69, 9.17) is 10.00 Å². The van der Waals surface area contributed by atoms with Gasteiger partial charge in [-0.3, -0.25) is 4.79 Å². The van der Waals surface area contributed by atoms with E-state index in [2.05, 4.69) is 5.32 Å². The van der Waals surface area contributed by atoms with Gasteiger partial charge in [-0.05, 0) is 42.8 Å². The van der Waals surface area contributed by atoms with E-state index in [1.165, 1.54) is 6.08 Å². The minimum Gasteiger partial charge on any atom is -0.452 e. The number of rotatable bonds is 5. The van der Waals surface area contributed by atoms with Crippen molar-refractivity contribution in [3.8, 4) is 6.07 Å². The second-order valence-electron chi connectivity index (χ2n) is 5.09. The van der Waals surface area contributed by atoms with E-state index in [-0.39, 0.29) is 6.61 Å². The molecule has 2 rings (SSSR count). The van der Waals surface area contributed by atoms with Crippen LogP contribution in [0.15, 0.2) is 54.6 Å². The number of aryl methyl sites for hydroxylation is 1. The molecule has 0 saturated carbocycles. The first-order valence-electron chi connectivity index (χ1n) is 7.28. The third kappa shape index (κ3) is 5.43. The van der Waals surface area contributed by atoms with Gasteiger partial charge in [0.1, 0.15) is 0 Å². The molecule has 5 heteroatoms. The highest BCUT2D eigenvalue weighted by molar-refractivity contribution is 5.94. The summed E-state index contributed by atoms with van der Waals surface area (Å²) >= 11 is 0. The van der Waals surface area contributed by atoms with Crippen LogP contribution in [-0.2, 0) is 14.3 Å². The summed E-state index contributed by atoms with van der Waals surface area (Å²) in [4.78, 5) is 23.3. The summed E-state index contributed by atoms with van der Waals surface area (Å²) in [6.45, 7) is 1.60. The topological polar surface area (TPSA) is 79.2 Å². The van der Waals surface area contributed by atoms with E-state index in [0.29, 0.717) is 11.3 Å². The van der Waals surface area contributed by atoms with Crippen molar-refractivity contribution in [1.29, 1.82) is 5.26 Å². The van der Waals surface area contributed by atoms with Crippen molar-refractivity contribution in [1.82, 2.24) is 0 Å². The summed E-state index contributed by atoms with van der Waals surface area (Å²) in [5.74, 6) is -1.04. The van der Waals surface area contributed by atoms with Crippen LogP contribution in [-0.4, -0.2) is 18.5 Å². The van der Waals surface area contributed by atoms with Crippen LogP contribution in [0.2, 0.25) is 0 Å². The Morgan fingerprint density at radius 2 is 1.79 bits per heavy atom. The van der Waals surface area contributed by atoms with Gasteiger partial charge in [-0.25, -0.2) is 4.79 Å². The van der Waals surface area contributed by atoms with Crippen molar-refractivity contribution in [2.75, 3.05) is 11.9 Å². The van der Waals surface area contributed by atoms with Crippen LogP contribution in [0.25, 0.3) is 6.08 Å². The Kier molecular flexibility index (Phi) is 5.87. The number of anilines is 1. The highest BCUT2D eigenvalue weighted by atomic mass is 16.5. The molecule has 0 radical (unpaired) electrons. The van der Waals surface area contributed by atoms with E-state index in [9.17, 15) is 9.59 Å². The molecule has 0 spiro atoms. The number of nitrogens with one attached hydrogen (secondary N) is 1. The molecule has 1 N–H and O–H groups in total. The van der Waals surface area contributed by atoms with E-state index < -0.39 is 11.9 Å². The van der Waals surface area contributed by atoms with Gasteiger partial charge in [0.2, 0.25) is 0 Å². The van der Waals surface area contributed by atoms with Crippen LogP contribution in [0.3, 0.4) is 0 Å². The van der Waals surface area contributed by atoms with E-state index in [1.54, 1.807) is 30.3 Å². The first kappa shape index (κ1) is 17.0. The van der Waals surface area contributed by atoms with Gasteiger partial charge in [0, 0.05) is 11.8 Å². The van der Waals surface area contributed by atoms with Crippen molar-refractivity contribution in [2.45, 2.75) is 6.92 Å². The minimum atomic E-state index is -0.592. The Morgan fingerprint density at radius 1 is 1.12 bits per heavy atom. The van der Waals surface area contributed by atoms with E-state index >= 15 is 0 Å². The lowest BCUT2D eigenvalue weighted by Gasteiger charge is -2.05. The van der Waals surface area contributed by atoms with Crippen molar-refractivity contribution in [3.63, 3.8) is 0 Å². The van der Waals surface area contributed by atoms with Crippen molar-refractivity contribution >= 4 is 23.6 Å². The molecule has 0 unspecified atom stereocenters. The first-order chi connectivity index (χ1) is 11.6. The third-order valence-corrected chi connectivity index (χ3v) is 3.13. The smallest absolute Gasteiger partial charge is 0.331 e. The van der Waals surface area contributed by atoms with Crippen LogP contribution >= 0.6 is 0 Å². The minimum absolute atomic E-state index is 0.378. The Labute approximate surface area is 140 Å². The fourth-order valence-corrected chi connectivity index (χ4v) is 1.85. The maximum atomic E-state index is 11.7. The highest BCUT2D eigenvalue weighted by Gasteiger charge is 2.05. The van der Waals surface area contributed by atoms with Crippen molar-refractivity contribution < 1.29 is 14.3 Å². The number of carbonyl (C=O) groups is 2. The van der Waals surface area contributed by atoms with Crippen LogP contribution in [0.4, 0.5) is 5.69 Å². The molecule has 2 aromatic rings. The maximum Gasteiger partial charge on any atom is 0.331 e. The molecule has 0 aliphatic heterocycles. The Balaban J connectivity index is 1.79. The van der Waals surface area contributed by atoms with Gasteiger partial charge < -0.3 is 10.1 Å². The summed E-state index contributed by atoms with van der Waals surface area (Å²) in [6.07, 6.45) is 2.90. The van der Waals surface area contributed by atoms with Gasteiger partial charge in [0.25, 0.3) is 5.91 Å². The van der Waals surface area contributed by atoms with Gasteiger partial charge in [-0.2, -0.15) is 5.26 Å². The molecule has 0 aliphatic carbocycles. The molecule has 120 valence electrons. The van der Waals surface area contributed by atoms with Gasteiger partial charge in [0.15, 0.2) is 6.61 Å². The third-order valence-electron chi connectivity index (χ3n) is 3.13. The molecule has 0 bridgehead atoms. The fraction of sp³-hybridized carbons (Fsp3) is 0.105. The van der Waals surface area contributed by atoms with E-state index in [1.807, 2.05) is 37.3 Å². The maximum absolute atomic E-state index is 11.7. The molecule has 5 nitrogen and oxygen atoms in total. The van der Waals surface area contributed by atoms with Gasteiger partial charge in [-0.1, -0.05) is 29.8 Å². The lowest BCUT2D eigenvalue weighted by atomic mass is 10.1. The zero-order valence-electron chi connectivity index (χ0n) is 13.2. The molecular formula is C19H16N2O3. The molecule has 1 amide bonds. The summed E-state index contributed by atoms with van der Waals surface area (Å²) in [6, 6.07) is 16.0. The molecular weight excluding hydrogens is 304 g/mol. The predicted octanol–water partition coefficient (Wildman–Crippen LogP) is 3.06. The standard InChI is InChI=1S/C19H16N2O3/c1-14-2-4-15(5-3-14)8-11-19(23)24-13-18(22)21-17-9-6-16(12-20)7-10-17/h2-11H,13H2,1H3,(H,21,22)/b11-8+. The van der Waals surface area contributed by atoms with Crippen molar-refractivity contribution in [2.24, 2.45) is 0 Å². The average Bonchev–Trinajstić information content (AvgIpc) is 2.60. The van der Waals surface area contributed by atoms with Gasteiger partial charge >= 0.3 is 5.97 Å². The van der Waals surface area contributed by atoms with Crippen molar-refractivity contribution in [3.05, 3.63) is 71.3 Å². The molecule has 2 aromatic carbocycles. The largest absolute Gasteiger partial charge is 0.452 e. The second-order valence-corrected chi connectivity index (χ2v) is 5.09. The van der Waals surface area contributed by atoms with Crippen LogP contribution < -0.4 is 5.32 Å². The molecule has 0 atom stereocenters. The monoisotopic (exact) mass is 320 g/mol. The normalized spacial score (nSPS) is 10.2. The molecule has 0 aliphatic rings. The number of benzene rings is 2. The lowest BCUT2D eigenvalue weighted by Crippen LogP contribution is -2.20. The molecule has 0 heterocycles. The zero-order valence-corrected chi connectivity index (χ0v) is 13.2. The first-order valence-corrected chi connectivity index (χ1v) is 7.28. The van der Waals surface area contributed by atoms with Crippen LogP contribution in [0.1, 0.15) is 16.7 Å². The number of carbonyl (C=O) groups excluding carboxylic acids is 2. The summed E-state index contributed by atoms with van der Waals surface area (Å²) in [7, 11) is 0. The average molecular weight is 320 g/mol. The number of nitriles is 1. The van der Waals surface area contributed by atoms with Gasteiger partial charge in [0.05, 0.1) is 11.6 Å². The molecule has 24 heavy (non-hydrogen) atoms. The molecule has 0 fully saturated rings. The number of hydrogen-bond acceptors (Lipinski definition) is 4. The summed E-state index contributed by atoms with van der Waals surface area (Å²) in [5.41, 5.74) is 3.04. The van der Waals surface area contributed by atoms with Gasteiger partial charge in [-0.15, -0.1) is 0 Å². The highest BCUT2D eigenvalue weighted by Crippen LogP contribution is 2.08. The number of hydrogen-bond donors (Lipinski definition) is 1. The number of esters is 1. The van der Waals surface area contributed by atoms with Crippen LogP contribution in [0, 0.1) is 18.3 Å². The summed E-state index contributed by atoms with van der Waals surface area (Å²) in [5, 5.41) is 11.3. The number of nitrogens with zero attached hydrogens (tertiary/aromatic N) is 1.